The minimum atomic E-state index is 0.568. The van der Waals surface area contributed by atoms with Crippen LogP contribution in [0.15, 0.2) is 12.2 Å². The zero-order valence-electron chi connectivity index (χ0n) is 9.81. The van der Waals surface area contributed by atoms with Crippen LogP contribution in [0.3, 0.4) is 0 Å². The quantitative estimate of drug-likeness (QED) is 0.640. The summed E-state index contributed by atoms with van der Waals surface area (Å²) < 4.78 is 0. The van der Waals surface area contributed by atoms with Gasteiger partial charge in [0.15, 0.2) is 0 Å². The predicted molar refractivity (Wildman–Crippen MR) is 63.5 cm³/mol. The summed E-state index contributed by atoms with van der Waals surface area (Å²) in [4.78, 5) is 0. The SMILES string of the molecule is C=C(C)C(CC1CCCC1)NCCC. The zero-order valence-corrected chi connectivity index (χ0v) is 9.81. The first-order chi connectivity index (χ1) is 6.74. The third kappa shape index (κ3) is 3.83. The Morgan fingerprint density at radius 3 is 2.57 bits per heavy atom. The summed E-state index contributed by atoms with van der Waals surface area (Å²) in [6.07, 6.45) is 8.31. The summed E-state index contributed by atoms with van der Waals surface area (Å²) in [7, 11) is 0. The molecule has 1 unspecified atom stereocenters. The van der Waals surface area contributed by atoms with Gasteiger partial charge in [0, 0.05) is 6.04 Å². The van der Waals surface area contributed by atoms with Crippen LogP contribution in [0, 0.1) is 5.92 Å². The van der Waals surface area contributed by atoms with E-state index >= 15 is 0 Å². The van der Waals surface area contributed by atoms with Crippen LogP contribution < -0.4 is 5.32 Å². The van der Waals surface area contributed by atoms with Gasteiger partial charge in [0.1, 0.15) is 0 Å². The van der Waals surface area contributed by atoms with Gasteiger partial charge in [-0.15, -0.1) is 0 Å². The maximum Gasteiger partial charge on any atom is 0.0276 e. The van der Waals surface area contributed by atoms with E-state index in [1.54, 1.807) is 0 Å². The molecule has 1 fully saturated rings. The molecule has 14 heavy (non-hydrogen) atoms. The van der Waals surface area contributed by atoms with Crippen molar-refractivity contribution in [2.24, 2.45) is 5.92 Å². The molecular formula is C13H25N. The van der Waals surface area contributed by atoms with Crippen molar-refractivity contribution in [3.05, 3.63) is 12.2 Å². The Morgan fingerprint density at radius 2 is 2.07 bits per heavy atom. The topological polar surface area (TPSA) is 12.0 Å². The molecule has 1 nitrogen and oxygen atoms in total. The standard InChI is InChI=1S/C13H25N/c1-4-9-14-13(11(2)3)10-12-7-5-6-8-12/h12-14H,2,4-10H2,1,3H3. The van der Waals surface area contributed by atoms with E-state index in [2.05, 4.69) is 25.7 Å². The molecule has 0 aliphatic heterocycles. The van der Waals surface area contributed by atoms with Crippen LogP contribution in [-0.2, 0) is 0 Å². The fraction of sp³-hybridized carbons (Fsp3) is 0.846. The normalized spacial score (nSPS) is 19.9. The van der Waals surface area contributed by atoms with Gasteiger partial charge in [0.25, 0.3) is 0 Å². The van der Waals surface area contributed by atoms with E-state index in [1.807, 2.05) is 0 Å². The summed E-state index contributed by atoms with van der Waals surface area (Å²) in [5, 5.41) is 3.60. The molecular weight excluding hydrogens is 170 g/mol. The smallest absolute Gasteiger partial charge is 0.0276 e. The van der Waals surface area contributed by atoms with Crippen molar-refractivity contribution in [2.75, 3.05) is 6.54 Å². The zero-order chi connectivity index (χ0) is 10.4. The van der Waals surface area contributed by atoms with Crippen molar-refractivity contribution in [3.8, 4) is 0 Å². The third-order valence-corrected chi connectivity index (χ3v) is 3.28. The van der Waals surface area contributed by atoms with E-state index in [0.717, 1.165) is 12.5 Å². The van der Waals surface area contributed by atoms with Gasteiger partial charge < -0.3 is 5.32 Å². The minimum Gasteiger partial charge on any atom is -0.310 e. The maximum absolute atomic E-state index is 4.09. The molecule has 1 N–H and O–H groups in total. The van der Waals surface area contributed by atoms with Gasteiger partial charge in [-0.2, -0.15) is 0 Å². The number of hydrogen-bond donors (Lipinski definition) is 1. The first kappa shape index (κ1) is 11.8. The molecule has 0 bridgehead atoms. The van der Waals surface area contributed by atoms with Crippen molar-refractivity contribution in [1.82, 2.24) is 5.32 Å². The van der Waals surface area contributed by atoms with Gasteiger partial charge in [0.2, 0.25) is 0 Å². The van der Waals surface area contributed by atoms with Gasteiger partial charge in [0.05, 0.1) is 0 Å². The van der Waals surface area contributed by atoms with E-state index in [0.29, 0.717) is 6.04 Å². The summed E-state index contributed by atoms with van der Waals surface area (Å²) in [6, 6.07) is 0.568. The number of nitrogens with one attached hydrogen (secondary N) is 1. The molecule has 1 aliphatic rings. The fourth-order valence-electron chi connectivity index (χ4n) is 2.36. The molecule has 1 atom stereocenters. The molecule has 0 amide bonds. The van der Waals surface area contributed by atoms with Crippen molar-refractivity contribution in [1.29, 1.82) is 0 Å². The van der Waals surface area contributed by atoms with E-state index in [1.165, 1.54) is 44.1 Å². The van der Waals surface area contributed by atoms with Crippen molar-refractivity contribution in [2.45, 2.75) is 58.4 Å². The van der Waals surface area contributed by atoms with Crippen LogP contribution >= 0.6 is 0 Å². The van der Waals surface area contributed by atoms with Crippen LogP contribution in [0.5, 0.6) is 0 Å². The fourth-order valence-corrected chi connectivity index (χ4v) is 2.36. The molecule has 1 saturated carbocycles. The highest BCUT2D eigenvalue weighted by molar-refractivity contribution is 5.02. The Balaban J connectivity index is 2.30. The van der Waals surface area contributed by atoms with Gasteiger partial charge in [-0.05, 0) is 32.2 Å². The van der Waals surface area contributed by atoms with Crippen LogP contribution in [0.25, 0.3) is 0 Å². The van der Waals surface area contributed by atoms with Crippen LogP contribution in [0.2, 0.25) is 0 Å². The van der Waals surface area contributed by atoms with E-state index in [9.17, 15) is 0 Å². The molecule has 0 spiro atoms. The summed E-state index contributed by atoms with van der Waals surface area (Å²) in [5.74, 6) is 0.959. The van der Waals surface area contributed by atoms with Crippen molar-refractivity contribution < 1.29 is 0 Å². The largest absolute Gasteiger partial charge is 0.310 e. The van der Waals surface area contributed by atoms with E-state index in [-0.39, 0.29) is 0 Å². The highest BCUT2D eigenvalue weighted by Gasteiger charge is 2.19. The number of rotatable bonds is 6. The molecule has 1 aliphatic carbocycles. The average Bonchev–Trinajstić information content (AvgIpc) is 2.64. The molecule has 0 aromatic carbocycles. The highest BCUT2D eigenvalue weighted by Crippen LogP contribution is 2.29. The molecule has 82 valence electrons. The van der Waals surface area contributed by atoms with Crippen LogP contribution in [0.4, 0.5) is 0 Å². The van der Waals surface area contributed by atoms with Crippen molar-refractivity contribution in [3.63, 3.8) is 0 Å². The Labute approximate surface area is 89.0 Å². The first-order valence-electron chi connectivity index (χ1n) is 6.12. The second-order valence-electron chi connectivity index (χ2n) is 4.74. The first-order valence-corrected chi connectivity index (χ1v) is 6.12. The molecule has 1 heteroatoms. The summed E-state index contributed by atoms with van der Waals surface area (Å²) in [5.41, 5.74) is 1.31. The highest BCUT2D eigenvalue weighted by atomic mass is 14.9. The Hall–Kier alpha value is -0.300. The van der Waals surface area contributed by atoms with Crippen LogP contribution in [-0.4, -0.2) is 12.6 Å². The third-order valence-electron chi connectivity index (χ3n) is 3.28. The summed E-state index contributed by atoms with van der Waals surface area (Å²) >= 11 is 0. The van der Waals surface area contributed by atoms with Gasteiger partial charge in [-0.3, -0.25) is 0 Å². The number of hydrogen-bond acceptors (Lipinski definition) is 1. The predicted octanol–water partition coefficient (Wildman–Crippen LogP) is 3.51. The Bertz CT molecular complexity index is 168. The van der Waals surface area contributed by atoms with Crippen molar-refractivity contribution >= 4 is 0 Å². The summed E-state index contributed by atoms with van der Waals surface area (Å²) in [6.45, 7) is 9.59. The van der Waals surface area contributed by atoms with Crippen LogP contribution in [0.1, 0.15) is 52.4 Å². The molecule has 1 rings (SSSR count). The molecule has 0 saturated heterocycles. The van der Waals surface area contributed by atoms with Gasteiger partial charge in [-0.1, -0.05) is 44.8 Å². The monoisotopic (exact) mass is 195 g/mol. The van der Waals surface area contributed by atoms with Gasteiger partial charge >= 0.3 is 0 Å². The molecule has 0 aromatic heterocycles. The lowest BCUT2D eigenvalue weighted by molar-refractivity contribution is 0.418. The lowest BCUT2D eigenvalue weighted by Gasteiger charge is -2.22. The Kier molecular flexibility index (Phi) is 5.24. The molecule has 0 aromatic rings. The van der Waals surface area contributed by atoms with E-state index in [4.69, 9.17) is 0 Å². The lowest BCUT2D eigenvalue weighted by atomic mass is 9.95. The lowest BCUT2D eigenvalue weighted by Crippen LogP contribution is -2.32. The average molecular weight is 195 g/mol. The van der Waals surface area contributed by atoms with E-state index < -0.39 is 0 Å². The van der Waals surface area contributed by atoms with Gasteiger partial charge in [-0.25, -0.2) is 0 Å². The molecule has 0 radical (unpaired) electrons. The second kappa shape index (κ2) is 6.23. The molecule has 0 heterocycles. The second-order valence-corrected chi connectivity index (χ2v) is 4.74. The minimum absolute atomic E-state index is 0.568. The Morgan fingerprint density at radius 1 is 1.43 bits per heavy atom. The maximum atomic E-state index is 4.09.